The summed E-state index contributed by atoms with van der Waals surface area (Å²) < 4.78 is 5.14. The first-order valence-corrected chi connectivity index (χ1v) is 6.58. The van der Waals surface area contributed by atoms with E-state index < -0.39 is 0 Å². The Kier molecular flexibility index (Phi) is 3.25. The first kappa shape index (κ1) is 12.2. The summed E-state index contributed by atoms with van der Waals surface area (Å²) in [5, 5.41) is 3.71. The lowest BCUT2D eigenvalue weighted by atomic mass is 10.1. The maximum absolute atomic E-state index is 6.05. The Bertz CT molecular complexity index is 582. The van der Waals surface area contributed by atoms with Crippen LogP contribution in [0.25, 0.3) is 11.3 Å². The van der Waals surface area contributed by atoms with Gasteiger partial charge in [0, 0.05) is 17.7 Å². The van der Waals surface area contributed by atoms with E-state index in [-0.39, 0.29) is 0 Å². The summed E-state index contributed by atoms with van der Waals surface area (Å²) in [4.78, 5) is 8.68. The molecule has 1 N–H and O–H groups in total. The summed E-state index contributed by atoms with van der Waals surface area (Å²) in [5.41, 5.74) is 1.80. The molecule has 0 unspecified atom stereocenters. The topological polar surface area (TPSA) is 47.0 Å². The van der Waals surface area contributed by atoms with Crippen LogP contribution >= 0.6 is 11.6 Å². The van der Waals surface area contributed by atoms with E-state index in [0.29, 0.717) is 17.1 Å². The van der Waals surface area contributed by atoms with Crippen molar-refractivity contribution in [1.82, 2.24) is 9.97 Å². The number of rotatable bonds is 4. The van der Waals surface area contributed by atoms with E-state index >= 15 is 0 Å². The van der Waals surface area contributed by atoms with Gasteiger partial charge in [-0.3, -0.25) is 0 Å². The van der Waals surface area contributed by atoms with Crippen LogP contribution in [-0.2, 0) is 0 Å². The van der Waals surface area contributed by atoms with Crippen molar-refractivity contribution >= 4 is 17.5 Å². The molecule has 0 spiro atoms. The minimum atomic E-state index is 0.448. The standard InChI is InChI=1S/C14H14ClN3O/c1-19-11-6-2-9(3-7-11)12-8-13(15)18-14(17-12)16-10-4-5-10/h2-3,6-8,10H,4-5H2,1H3,(H,16,17,18). The van der Waals surface area contributed by atoms with Crippen LogP contribution in [0.4, 0.5) is 5.95 Å². The molecule has 0 bridgehead atoms. The third kappa shape index (κ3) is 2.96. The first-order chi connectivity index (χ1) is 9.24. The molecule has 1 heterocycles. The highest BCUT2D eigenvalue weighted by atomic mass is 35.5. The lowest BCUT2D eigenvalue weighted by molar-refractivity contribution is 0.415. The minimum absolute atomic E-state index is 0.448. The van der Waals surface area contributed by atoms with Gasteiger partial charge in [-0.15, -0.1) is 0 Å². The van der Waals surface area contributed by atoms with Gasteiger partial charge in [-0.05, 0) is 37.1 Å². The summed E-state index contributed by atoms with van der Waals surface area (Å²) in [5.74, 6) is 1.42. The predicted octanol–water partition coefficient (Wildman–Crippen LogP) is 3.38. The zero-order valence-electron chi connectivity index (χ0n) is 10.6. The number of methoxy groups -OCH3 is 1. The van der Waals surface area contributed by atoms with Gasteiger partial charge in [-0.25, -0.2) is 9.97 Å². The summed E-state index contributed by atoms with van der Waals surface area (Å²) in [7, 11) is 1.65. The van der Waals surface area contributed by atoms with Gasteiger partial charge in [0.1, 0.15) is 10.9 Å². The highest BCUT2D eigenvalue weighted by molar-refractivity contribution is 6.29. The second-order valence-electron chi connectivity index (χ2n) is 4.55. The van der Waals surface area contributed by atoms with E-state index in [1.54, 1.807) is 13.2 Å². The molecule has 0 saturated heterocycles. The van der Waals surface area contributed by atoms with E-state index in [4.69, 9.17) is 16.3 Å². The third-order valence-corrected chi connectivity index (χ3v) is 3.18. The molecule has 1 aliphatic rings. The molecule has 2 aromatic rings. The number of nitrogens with one attached hydrogen (secondary N) is 1. The number of halogens is 1. The van der Waals surface area contributed by atoms with Gasteiger partial charge in [0.15, 0.2) is 0 Å². The van der Waals surface area contributed by atoms with Crippen LogP contribution in [0.5, 0.6) is 5.75 Å². The summed E-state index contributed by atoms with van der Waals surface area (Å²) in [6.07, 6.45) is 2.35. The second-order valence-corrected chi connectivity index (χ2v) is 4.93. The van der Waals surface area contributed by atoms with Crippen LogP contribution in [0.15, 0.2) is 30.3 Å². The number of anilines is 1. The number of benzene rings is 1. The molecule has 1 fully saturated rings. The van der Waals surface area contributed by atoms with Crippen LogP contribution in [0, 0.1) is 0 Å². The zero-order valence-corrected chi connectivity index (χ0v) is 11.3. The smallest absolute Gasteiger partial charge is 0.224 e. The molecule has 1 aromatic carbocycles. The average molecular weight is 276 g/mol. The average Bonchev–Trinajstić information content (AvgIpc) is 3.22. The molecular weight excluding hydrogens is 262 g/mol. The molecule has 98 valence electrons. The zero-order chi connectivity index (χ0) is 13.2. The molecule has 0 atom stereocenters. The van der Waals surface area contributed by atoms with Crippen molar-refractivity contribution < 1.29 is 4.74 Å². The summed E-state index contributed by atoms with van der Waals surface area (Å²) >= 11 is 6.05. The van der Waals surface area contributed by atoms with Crippen molar-refractivity contribution in [1.29, 1.82) is 0 Å². The van der Waals surface area contributed by atoms with Crippen molar-refractivity contribution in [3.63, 3.8) is 0 Å². The lowest BCUT2D eigenvalue weighted by Gasteiger charge is -2.07. The van der Waals surface area contributed by atoms with Gasteiger partial charge >= 0.3 is 0 Å². The fraction of sp³-hybridized carbons (Fsp3) is 0.286. The normalized spacial score (nSPS) is 14.2. The minimum Gasteiger partial charge on any atom is -0.497 e. The van der Waals surface area contributed by atoms with Gasteiger partial charge in [0.2, 0.25) is 5.95 Å². The largest absolute Gasteiger partial charge is 0.497 e. The molecule has 3 rings (SSSR count). The molecule has 1 saturated carbocycles. The molecule has 0 radical (unpaired) electrons. The summed E-state index contributed by atoms with van der Waals surface area (Å²) in [6, 6.07) is 9.99. The highest BCUT2D eigenvalue weighted by Gasteiger charge is 2.22. The fourth-order valence-electron chi connectivity index (χ4n) is 1.80. The third-order valence-electron chi connectivity index (χ3n) is 2.99. The van der Waals surface area contributed by atoms with Gasteiger partial charge in [0.05, 0.1) is 12.8 Å². The second kappa shape index (κ2) is 5.05. The molecule has 1 aliphatic carbocycles. The Morgan fingerprint density at radius 1 is 1.21 bits per heavy atom. The van der Waals surface area contributed by atoms with Crippen LogP contribution in [0.3, 0.4) is 0 Å². The molecule has 1 aromatic heterocycles. The fourth-order valence-corrected chi connectivity index (χ4v) is 1.99. The Morgan fingerprint density at radius 2 is 1.95 bits per heavy atom. The van der Waals surface area contributed by atoms with Crippen molar-refractivity contribution in [2.75, 3.05) is 12.4 Å². The predicted molar refractivity (Wildman–Crippen MR) is 75.7 cm³/mol. The Hall–Kier alpha value is -1.81. The van der Waals surface area contributed by atoms with Crippen LogP contribution in [0.2, 0.25) is 5.15 Å². The quantitative estimate of drug-likeness (QED) is 0.869. The van der Waals surface area contributed by atoms with Crippen LogP contribution in [0.1, 0.15) is 12.8 Å². The van der Waals surface area contributed by atoms with E-state index in [9.17, 15) is 0 Å². The molecule has 5 heteroatoms. The molecule has 0 aliphatic heterocycles. The Labute approximate surface area is 116 Å². The van der Waals surface area contributed by atoms with Crippen molar-refractivity contribution in [2.24, 2.45) is 0 Å². The summed E-state index contributed by atoms with van der Waals surface area (Å²) in [6.45, 7) is 0. The molecule has 4 nitrogen and oxygen atoms in total. The van der Waals surface area contributed by atoms with Crippen LogP contribution in [-0.4, -0.2) is 23.1 Å². The monoisotopic (exact) mass is 275 g/mol. The number of nitrogens with zero attached hydrogens (tertiary/aromatic N) is 2. The van der Waals surface area contributed by atoms with E-state index in [0.717, 1.165) is 17.0 Å². The molecule has 19 heavy (non-hydrogen) atoms. The number of aromatic nitrogens is 2. The van der Waals surface area contributed by atoms with Crippen molar-refractivity contribution in [2.45, 2.75) is 18.9 Å². The lowest BCUT2D eigenvalue weighted by Crippen LogP contribution is -2.06. The van der Waals surface area contributed by atoms with Gasteiger partial charge in [0.25, 0.3) is 0 Å². The number of ether oxygens (including phenoxy) is 1. The maximum Gasteiger partial charge on any atom is 0.224 e. The molecular formula is C14H14ClN3O. The van der Waals surface area contributed by atoms with Gasteiger partial charge in [-0.1, -0.05) is 11.6 Å². The maximum atomic E-state index is 6.05. The molecule has 0 amide bonds. The van der Waals surface area contributed by atoms with Gasteiger partial charge in [-0.2, -0.15) is 0 Å². The number of hydrogen-bond donors (Lipinski definition) is 1. The highest BCUT2D eigenvalue weighted by Crippen LogP contribution is 2.27. The van der Waals surface area contributed by atoms with Gasteiger partial charge < -0.3 is 10.1 Å². The van der Waals surface area contributed by atoms with Crippen molar-refractivity contribution in [3.8, 4) is 17.0 Å². The van der Waals surface area contributed by atoms with Crippen molar-refractivity contribution in [3.05, 3.63) is 35.5 Å². The van der Waals surface area contributed by atoms with E-state index in [1.165, 1.54) is 12.8 Å². The Balaban J connectivity index is 1.91. The van der Waals surface area contributed by atoms with E-state index in [2.05, 4.69) is 15.3 Å². The Morgan fingerprint density at radius 3 is 2.58 bits per heavy atom. The van der Waals surface area contributed by atoms with Crippen LogP contribution < -0.4 is 10.1 Å². The van der Waals surface area contributed by atoms with E-state index in [1.807, 2.05) is 24.3 Å². The SMILES string of the molecule is COc1ccc(-c2cc(Cl)nc(NC3CC3)n2)cc1. The number of hydrogen-bond acceptors (Lipinski definition) is 4. The first-order valence-electron chi connectivity index (χ1n) is 6.20.